The molecule has 1 fully saturated rings. The number of nitrogens with one attached hydrogen (secondary N) is 1. The molecule has 0 aliphatic heterocycles. The Morgan fingerprint density at radius 2 is 2.29 bits per heavy atom. The van der Waals surface area contributed by atoms with E-state index >= 15 is 0 Å². The molecule has 5 nitrogen and oxygen atoms in total. The summed E-state index contributed by atoms with van der Waals surface area (Å²) in [5, 5.41) is 13.5. The molecule has 3 unspecified atom stereocenters. The number of nitrogens with zero attached hydrogens (tertiary/aromatic N) is 1. The van der Waals surface area contributed by atoms with Crippen molar-refractivity contribution in [3.63, 3.8) is 0 Å². The van der Waals surface area contributed by atoms with Gasteiger partial charge in [0.25, 0.3) is 0 Å². The molecule has 2 bridgehead atoms. The normalized spacial score (nSPS) is 26.4. The Bertz CT molecular complexity index is 610. The number of ether oxygens (including phenoxy) is 1. The molecule has 2 aliphatic rings. The Morgan fingerprint density at radius 1 is 1.43 bits per heavy atom. The van der Waals surface area contributed by atoms with E-state index in [1.54, 1.807) is 18.3 Å². The molecule has 0 heterocycles. The number of benzene rings is 1. The predicted octanol–water partition coefficient (Wildman–Crippen LogP) is 2.06. The maximum atomic E-state index is 12.1. The quantitative estimate of drug-likeness (QED) is 0.505. The van der Waals surface area contributed by atoms with Gasteiger partial charge in [0.2, 0.25) is 5.91 Å². The highest BCUT2D eigenvalue weighted by Crippen LogP contribution is 2.43. The third-order valence-corrected chi connectivity index (χ3v) is 4.21. The summed E-state index contributed by atoms with van der Waals surface area (Å²) in [6.45, 7) is 0. The van der Waals surface area contributed by atoms with Gasteiger partial charge in [-0.2, -0.15) is 5.10 Å². The monoisotopic (exact) mass is 286 g/mol. The molecule has 1 aromatic rings. The van der Waals surface area contributed by atoms with E-state index in [1.165, 1.54) is 13.2 Å². The highest BCUT2D eigenvalue weighted by molar-refractivity contribution is 5.84. The van der Waals surface area contributed by atoms with Gasteiger partial charge in [0, 0.05) is 5.92 Å². The van der Waals surface area contributed by atoms with E-state index in [0.717, 1.165) is 18.4 Å². The van der Waals surface area contributed by atoms with E-state index in [1.807, 2.05) is 0 Å². The van der Waals surface area contributed by atoms with Crippen LogP contribution in [0, 0.1) is 17.8 Å². The summed E-state index contributed by atoms with van der Waals surface area (Å²) in [6.07, 6.45) is 7.92. The van der Waals surface area contributed by atoms with Crippen molar-refractivity contribution in [2.45, 2.75) is 12.8 Å². The molecule has 3 rings (SSSR count). The van der Waals surface area contributed by atoms with Crippen LogP contribution in [0.2, 0.25) is 0 Å². The lowest BCUT2D eigenvalue weighted by atomic mass is 9.93. The molecule has 0 radical (unpaired) electrons. The molecule has 1 amide bonds. The van der Waals surface area contributed by atoms with Crippen molar-refractivity contribution < 1.29 is 14.6 Å². The summed E-state index contributed by atoms with van der Waals surface area (Å²) in [4.78, 5) is 12.1. The van der Waals surface area contributed by atoms with Crippen molar-refractivity contribution in [2.24, 2.45) is 22.9 Å². The van der Waals surface area contributed by atoms with Crippen LogP contribution in [0.3, 0.4) is 0 Å². The van der Waals surface area contributed by atoms with E-state index in [-0.39, 0.29) is 17.6 Å². The van der Waals surface area contributed by atoms with Crippen molar-refractivity contribution in [1.82, 2.24) is 5.43 Å². The highest BCUT2D eigenvalue weighted by Gasteiger charge is 2.39. The topological polar surface area (TPSA) is 70.9 Å². The summed E-state index contributed by atoms with van der Waals surface area (Å²) in [7, 11) is 1.49. The zero-order chi connectivity index (χ0) is 14.8. The third kappa shape index (κ3) is 2.77. The molecule has 2 aliphatic carbocycles. The Balaban J connectivity index is 1.59. The standard InChI is InChI=1S/C16H18N2O3/c1-21-15-8-11(3-5-14(15)19)9-17-18-16(20)13-7-10-2-4-12(13)6-10/h2-5,8-10,12-13,19H,6-7H2,1H3,(H,18,20)/b17-9-. The predicted molar refractivity (Wildman–Crippen MR) is 79.2 cm³/mol. The first-order valence-corrected chi connectivity index (χ1v) is 7.05. The SMILES string of the molecule is COc1cc(/C=N\NC(=O)C2CC3C=CC2C3)ccc1O. The van der Waals surface area contributed by atoms with Crippen LogP contribution in [0.5, 0.6) is 11.5 Å². The molecule has 3 atom stereocenters. The molecular weight excluding hydrogens is 268 g/mol. The largest absolute Gasteiger partial charge is 0.504 e. The molecule has 110 valence electrons. The van der Waals surface area contributed by atoms with E-state index in [4.69, 9.17) is 4.74 Å². The lowest BCUT2D eigenvalue weighted by molar-refractivity contribution is -0.125. The molecular formula is C16H18N2O3. The first-order valence-electron chi connectivity index (χ1n) is 7.05. The minimum absolute atomic E-state index is 0.0196. The minimum atomic E-state index is -0.0196. The van der Waals surface area contributed by atoms with Crippen LogP contribution in [-0.2, 0) is 4.79 Å². The average molecular weight is 286 g/mol. The second-order valence-electron chi connectivity index (χ2n) is 5.55. The smallest absolute Gasteiger partial charge is 0.243 e. The Labute approximate surface area is 123 Å². The maximum absolute atomic E-state index is 12.1. The summed E-state index contributed by atoms with van der Waals surface area (Å²) in [5.74, 6) is 1.42. The van der Waals surface area contributed by atoms with Gasteiger partial charge in [0.1, 0.15) is 0 Å². The van der Waals surface area contributed by atoms with Crippen molar-refractivity contribution >= 4 is 12.1 Å². The summed E-state index contributed by atoms with van der Waals surface area (Å²) in [6, 6.07) is 4.89. The van der Waals surface area contributed by atoms with Gasteiger partial charge < -0.3 is 9.84 Å². The molecule has 2 N–H and O–H groups in total. The average Bonchev–Trinajstić information content (AvgIpc) is 3.11. The number of hydrazone groups is 1. The van der Waals surface area contributed by atoms with Gasteiger partial charge in [-0.05, 0) is 48.4 Å². The number of aromatic hydroxyl groups is 1. The second kappa shape index (κ2) is 5.60. The molecule has 1 aromatic carbocycles. The Hall–Kier alpha value is -2.30. The van der Waals surface area contributed by atoms with Gasteiger partial charge in [-0.15, -0.1) is 0 Å². The molecule has 0 aromatic heterocycles. The second-order valence-corrected chi connectivity index (χ2v) is 5.55. The minimum Gasteiger partial charge on any atom is -0.504 e. The lowest BCUT2D eigenvalue weighted by Crippen LogP contribution is -2.29. The van der Waals surface area contributed by atoms with E-state index < -0.39 is 0 Å². The number of methoxy groups -OCH3 is 1. The third-order valence-electron chi connectivity index (χ3n) is 4.21. The number of amides is 1. The number of phenols is 1. The van der Waals surface area contributed by atoms with E-state index in [2.05, 4.69) is 22.7 Å². The summed E-state index contributed by atoms with van der Waals surface area (Å²) < 4.78 is 5.02. The number of allylic oxidation sites excluding steroid dienone is 2. The summed E-state index contributed by atoms with van der Waals surface area (Å²) >= 11 is 0. The highest BCUT2D eigenvalue weighted by atomic mass is 16.5. The van der Waals surface area contributed by atoms with Crippen molar-refractivity contribution in [3.05, 3.63) is 35.9 Å². The van der Waals surface area contributed by atoms with Crippen LogP contribution in [-0.4, -0.2) is 24.3 Å². The number of phenolic OH excluding ortho intramolecular Hbond substituents is 1. The molecule has 21 heavy (non-hydrogen) atoms. The van der Waals surface area contributed by atoms with Gasteiger partial charge in [-0.25, -0.2) is 5.43 Å². The van der Waals surface area contributed by atoms with Gasteiger partial charge in [0.15, 0.2) is 11.5 Å². The summed E-state index contributed by atoms with van der Waals surface area (Å²) in [5.41, 5.74) is 3.35. The fourth-order valence-corrected chi connectivity index (χ4v) is 3.11. The Kier molecular flexibility index (Phi) is 3.64. The lowest BCUT2D eigenvalue weighted by Gasteiger charge is -2.15. The van der Waals surface area contributed by atoms with Crippen molar-refractivity contribution in [1.29, 1.82) is 0 Å². The van der Waals surface area contributed by atoms with E-state index in [9.17, 15) is 9.90 Å². The molecule has 1 saturated carbocycles. The Morgan fingerprint density at radius 3 is 2.95 bits per heavy atom. The van der Waals surface area contributed by atoms with Gasteiger partial charge in [-0.1, -0.05) is 12.2 Å². The van der Waals surface area contributed by atoms with Gasteiger partial charge >= 0.3 is 0 Å². The molecule has 0 spiro atoms. The van der Waals surface area contributed by atoms with Crippen molar-refractivity contribution in [3.8, 4) is 11.5 Å². The zero-order valence-corrected chi connectivity index (χ0v) is 11.8. The number of fused-ring (bicyclic) bond motifs is 2. The number of rotatable bonds is 4. The van der Waals surface area contributed by atoms with Crippen LogP contribution in [0.4, 0.5) is 0 Å². The number of carbonyl (C=O) groups is 1. The first kappa shape index (κ1) is 13.7. The van der Waals surface area contributed by atoms with Crippen LogP contribution in [0.25, 0.3) is 0 Å². The molecule has 5 heteroatoms. The van der Waals surface area contributed by atoms with Crippen LogP contribution in [0.1, 0.15) is 18.4 Å². The van der Waals surface area contributed by atoms with Crippen molar-refractivity contribution in [2.75, 3.05) is 7.11 Å². The first-order chi connectivity index (χ1) is 10.2. The van der Waals surface area contributed by atoms with Crippen LogP contribution < -0.4 is 10.2 Å². The fraction of sp³-hybridized carbons (Fsp3) is 0.375. The van der Waals surface area contributed by atoms with Gasteiger partial charge in [-0.3, -0.25) is 4.79 Å². The number of hydrogen-bond donors (Lipinski definition) is 2. The number of hydrogen-bond acceptors (Lipinski definition) is 4. The van der Waals surface area contributed by atoms with E-state index in [0.29, 0.717) is 17.6 Å². The van der Waals surface area contributed by atoms with Crippen LogP contribution in [0.15, 0.2) is 35.5 Å². The zero-order valence-electron chi connectivity index (χ0n) is 11.8. The number of carbonyl (C=O) groups excluding carboxylic acids is 1. The maximum Gasteiger partial charge on any atom is 0.243 e. The van der Waals surface area contributed by atoms with Crippen LogP contribution >= 0.6 is 0 Å². The van der Waals surface area contributed by atoms with Gasteiger partial charge in [0.05, 0.1) is 13.3 Å². The fourth-order valence-electron chi connectivity index (χ4n) is 3.11. The molecule has 0 saturated heterocycles.